The van der Waals surface area contributed by atoms with Crippen molar-refractivity contribution in [2.75, 3.05) is 26.2 Å². The van der Waals surface area contributed by atoms with E-state index in [1.165, 1.54) is 0 Å². The molecule has 0 unspecified atom stereocenters. The maximum atomic E-state index is 11.6. The maximum Gasteiger partial charge on any atom is 0.407 e. The molecule has 1 saturated heterocycles. The van der Waals surface area contributed by atoms with E-state index in [0.717, 1.165) is 43.0 Å². The Hall–Kier alpha value is -2.44. The van der Waals surface area contributed by atoms with Crippen molar-refractivity contribution in [1.82, 2.24) is 10.6 Å². The van der Waals surface area contributed by atoms with E-state index in [1.54, 1.807) is 0 Å². The van der Waals surface area contributed by atoms with Crippen molar-refractivity contribution in [3.05, 3.63) is 60.2 Å². The molecule has 0 atom stereocenters. The Morgan fingerprint density at radius 2 is 1.71 bits per heavy atom. The standard InChI is InChI=1S/C21H26N2O4.ClH/c24-21(26-16-17-6-2-1-3-7-17)23-12-4-5-13-25-18-8-10-19(11-9-18)27-20-14-22-15-20;/h1-3,6-11,20,22H,4-5,12-16H2,(H,23,24);1H. The molecule has 1 aliphatic heterocycles. The van der Waals surface area contributed by atoms with Gasteiger partial charge in [0.15, 0.2) is 0 Å². The molecule has 1 amide bonds. The zero-order valence-corrected chi connectivity index (χ0v) is 16.6. The highest BCUT2D eigenvalue weighted by atomic mass is 35.5. The van der Waals surface area contributed by atoms with Crippen LogP contribution in [0.2, 0.25) is 0 Å². The largest absolute Gasteiger partial charge is 0.494 e. The number of unbranched alkanes of at least 4 members (excludes halogenated alkanes) is 1. The fourth-order valence-electron chi connectivity index (χ4n) is 2.53. The normalized spacial score (nSPS) is 13.0. The van der Waals surface area contributed by atoms with Crippen LogP contribution in [0.1, 0.15) is 18.4 Å². The molecule has 0 saturated carbocycles. The average Bonchev–Trinajstić information content (AvgIpc) is 2.67. The van der Waals surface area contributed by atoms with E-state index < -0.39 is 6.09 Å². The van der Waals surface area contributed by atoms with Gasteiger partial charge in [0.1, 0.15) is 24.2 Å². The predicted octanol–water partition coefficient (Wildman–Crippen LogP) is 3.54. The van der Waals surface area contributed by atoms with Crippen molar-refractivity contribution < 1.29 is 19.0 Å². The highest BCUT2D eigenvalue weighted by Crippen LogP contribution is 2.19. The Labute approximate surface area is 172 Å². The van der Waals surface area contributed by atoms with E-state index in [4.69, 9.17) is 14.2 Å². The first-order valence-electron chi connectivity index (χ1n) is 9.34. The van der Waals surface area contributed by atoms with Crippen LogP contribution in [0.5, 0.6) is 11.5 Å². The molecule has 0 radical (unpaired) electrons. The van der Waals surface area contributed by atoms with Gasteiger partial charge in [-0.3, -0.25) is 0 Å². The minimum atomic E-state index is -0.392. The second-order valence-corrected chi connectivity index (χ2v) is 6.41. The van der Waals surface area contributed by atoms with Crippen LogP contribution in [0.3, 0.4) is 0 Å². The van der Waals surface area contributed by atoms with Gasteiger partial charge >= 0.3 is 6.09 Å². The van der Waals surface area contributed by atoms with Crippen LogP contribution >= 0.6 is 12.4 Å². The average molecular weight is 407 g/mol. The number of hydrogen-bond donors (Lipinski definition) is 2. The molecule has 7 heteroatoms. The zero-order chi connectivity index (χ0) is 18.7. The van der Waals surface area contributed by atoms with E-state index in [-0.39, 0.29) is 25.1 Å². The third-order valence-corrected chi connectivity index (χ3v) is 4.19. The van der Waals surface area contributed by atoms with Crippen LogP contribution in [0.15, 0.2) is 54.6 Å². The van der Waals surface area contributed by atoms with E-state index in [1.807, 2.05) is 54.6 Å². The topological polar surface area (TPSA) is 68.8 Å². The van der Waals surface area contributed by atoms with Gasteiger partial charge in [-0.15, -0.1) is 12.4 Å². The van der Waals surface area contributed by atoms with Crippen LogP contribution in [0, 0.1) is 0 Å². The third kappa shape index (κ3) is 7.66. The molecule has 1 aliphatic rings. The maximum absolute atomic E-state index is 11.6. The van der Waals surface area contributed by atoms with E-state index >= 15 is 0 Å². The minimum absolute atomic E-state index is 0. The number of alkyl carbamates (subject to hydrolysis) is 1. The molecule has 1 heterocycles. The molecule has 6 nitrogen and oxygen atoms in total. The summed E-state index contributed by atoms with van der Waals surface area (Å²) < 4.78 is 16.6. The monoisotopic (exact) mass is 406 g/mol. The van der Waals surface area contributed by atoms with E-state index in [0.29, 0.717) is 13.2 Å². The lowest BCUT2D eigenvalue weighted by atomic mass is 10.2. The Bertz CT molecular complexity index is 693. The van der Waals surface area contributed by atoms with Gasteiger partial charge in [-0.1, -0.05) is 30.3 Å². The lowest BCUT2D eigenvalue weighted by Crippen LogP contribution is -2.50. The number of amides is 1. The molecular weight excluding hydrogens is 380 g/mol. The summed E-state index contributed by atoms with van der Waals surface area (Å²) in [5.74, 6) is 1.69. The predicted molar refractivity (Wildman–Crippen MR) is 110 cm³/mol. The van der Waals surface area contributed by atoms with Crippen molar-refractivity contribution in [2.45, 2.75) is 25.6 Å². The Balaban J connectivity index is 0.00000280. The second kappa shape index (κ2) is 12.1. The van der Waals surface area contributed by atoms with Gasteiger partial charge in [0.05, 0.1) is 6.61 Å². The summed E-state index contributed by atoms with van der Waals surface area (Å²) in [4.78, 5) is 11.6. The molecule has 0 spiro atoms. The molecule has 0 aliphatic carbocycles. The van der Waals surface area contributed by atoms with Gasteiger partial charge < -0.3 is 24.8 Å². The summed E-state index contributed by atoms with van der Waals surface area (Å²) >= 11 is 0. The summed E-state index contributed by atoms with van der Waals surface area (Å²) in [5, 5.41) is 5.92. The number of benzene rings is 2. The highest BCUT2D eigenvalue weighted by Gasteiger charge is 2.17. The summed E-state index contributed by atoms with van der Waals surface area (Å²) in [6, 6.07) is 17.3. The SMILES string of the molecule is Cl.O=C(NCCCCOc1ccc(OC2CNC2)cc1)OCc1ccccc1. The number of ether oxygens (including phenoxy) is 3. The van der Waals surface area contributed by atoms with E-state index in [9.17, 15) is 4.79 Å². The first-order chi connectivity index (χ1) is 13.3. The molecule has 0 bridgehead atoms. The molecule has 28 heavy (non-hydrogen) atoms. The van der Waals surface area contributed by atoms with Gasteiger partial charge in [-0.2, -0.15) is 0 Å². The summed E-state index contributed by atoms with van der Waals surface area (Å²) in [6.07, 6.45) is 1.57. The number of carbonyl (C=O) groups is 1. The Kier molecular flexibility index (Phi) is 9.45. The number of carbonyl (C=O) groups excluding carboxylic acids is 1. The zero-order valence-electron chi connectivity index (χ0n) is 15.8. The number of rotatable bonds is 10. The van der Waals surface area contributed by atoms with Crippen molar-refractivity contribution in [1.29, 1.82) is 0 Å². The van der Waals surface area contributed by atoms with Crippen LogP contribution in [0.4, 0.5) is 4.79 Å². The van der Waals surface area contributed by atoms with Crippen molar-refractivity contribution in [2.24, 2.45) is 0 Å². The van der Waals surface area contributed by atoms with Gasteiger partial charge in [-0.05, 0) is 42.7 Å². The van der Waals surface area contributed by atoms with Crippen molar-refractivity contribution in [3.63, 3.8) is 0 Å². The summed E-state index contributed by atoms with van der Waals surface area (Å²) in [5.41, 5.74) is 0.974. The lowest BCUT2D eigenvalue weighted by molar-refractivity contribution is 0.139. The molecule has 0 aromatic heterocycles. The third-order valence-electron chi connectivity index (χ3n) is 4.19. The Morgan fingerprint density at radius 3 is 2.39 bits per heavy atom. The molecular formula is C21H27ClN2O4. The van der Waals surface area contributed by atoms with Gasteiger partial charge in [0.2, 0.25) is 0 Å². The summed E-state index contributed by atoms with van der Waals surface area (Å²) in [6.45, 7) is 3.28. The molecule has 2 aromatic rings. The van der Waals surface area contributed by atoms with Crippen LogP contribution in [-0.4, -0.2) is 38.4 Å². The smallest absolute Gasteiger partial charge is 0.407 e. The number of hydrogen-bond acceptors (Lipinski definition) is 5. The van der Waals surface area contributed by atoms with Crippen LogP contribution in [0.25, 0.3) is 0 Å². The molecule has 3 rings (SSSR count). The molecule has 1 fully saturated rings. The fourth-order valence-corrected chi connectivity index (χ4v) is 2.53. The van der Waals surface area contributed by atoms with Gasteiger partial charge in [-0.25, -0.2) is 4.79 Å². The van der Waals surface area contributed by atoms with Gasteiger partial charge in [0, 0.05) is 19.6 Å². The number of halogens is 1. The van der Waals surface area contributed by atoms with Crippen molar-refractivity contribution in [3.8, 4) is 11.5 Å². The first kappa shape index (κ1) is 21.9. The number of nitrogens with one attached hydrogen (secondary N) is 2. The lowest BCUT2D eigenvalue weighted by Gasteiger charge is -2.27. The highest BCUT2D eigenvalue weighted by molar-refractivity contribution is 5.85. The summed E-state index contributed by atoms with van der Waals surface area (Å²) in [7, 11) is 0. The van der Waals surface area contributed by atoms with E-state index in [2.05, 4.69) is 10.6 Å². The Morgan fingerprint density at radius 1 is 1.00 bits per heavy atom. The quantitative estimate of drug-likeness (QED) is 0.590. The molecule has 2 N–H and O–H groups in total. The van der Waals surface area contributed by atoms with Crippen LogP contribution < -0.4 is 20.1 Å². The minimum Gasteiger partial charge on any atom is -0.494 e. The first-order valence-corrected chi connectivity index (χ1v) is 9.34. The van der Waals surface area contributed by atoms with Gasteiger partial charge in [0.25, 0.3) is 0 Å². The second-order valence-electron chi connectivity index (χ2n) is 6.41. The van der Waals surface area contributed by atoms with Crippen LogP contribution in [-0.2, 0) is 11.3 Å². The fraction of sp³-hybridized carbons (Fsp3) is 0.381. The molecule has 152 valence electrons. The van der Waals surface area contributed by atoms with Crippen molar-refractivity contribution >= 4 is 18.5 Å². The molecule has 2 aromatic carbocycles.